The van der Waals surface area contributed by atoms with Crippen LogP contribution in [0.15, 0.2) is 171 Å². The summed E-state index contributed by atoms with van der Waals surface area (Å²) in [6, 6.07) is 56.8. The first-order chi connectivity index (χ1) is 25.8. The lowest BCUT2D eigenvalue weighted by molar-refractivity contribution is 0.668. The van der Waals surface area contributed by atoms with Gasteiger partial charge in [-0.05, 0) is 90.5 Å². The molecule has 6 heteroatoms. The largest absolute Gasteiger partial charge is 0.456 e. The van der Waals surface area contributed by atoms with Gasteiger partial charge in [0.25, 0.3) is 0 Å². The molecule has 2 aliphatic heterocycles. The van der Waals surface area contributed by atoms with Crippen LogP contribution >= 0.6 is 23.1 Å². The van der Waals surface area contributed by atoms with Gasteiger partial charge in [-0.1, -0.05) is 72.8 Å². The van der Waals surface area contributed by atoms with Gasteiger partial charge in [-0.3, -0.25) is 0 Å². The van der Waals surface area contributed by atoms with Crippen molar-refractivity contribution in [3.8, 4) is 0 Å². The molecule has 2 unspecified atom stereocenters. The maximum Gasteiger partial charge on any atom is 0.135 e. The van der Waals surface area contributed by atoms with Gasteiger partial charge in [-0.2, -0.15) is 0 Å². The number of thioether (sulfide) groups is 1. The van der Waals surface area contributed by atoms with Crippen LogP contribution in [0.1, 0.15) is 21.7 Å². The van der Waals surface area contributed by atoms with Crippen LogP contribution < -0.4 is 9.80 Å². The molecule has 4 nitrogen and oxygen atoms in total. The van der Waals surface area contributed by atoms with E-state index < -0.39 is 0 Å². The molecular formula is C46H28N2O2S2. The predicted molar refractivity (Wildman–Crippen MR) is 217 cm³/mol. The molecule has 7 aromatic carbocycles. The van der Waals surface area contributed by atoms with Crippen LogP contribution in [0.4, 0.5) is 28.4 Å². The van der Waals surface area contributed by atoms with Crippen LogP contribution in [0, 0.1) is 0 Å². The summed E-state index contributed by atoms with van der Waals surface area (Å²) < 4.78 is 13.8. The van der Waals surface area contributed by atoms with Crippen molar-refractivity contribution in [2.75, 3.05) is 9.80 Å². The Bertz CT molecular complexity index is 2930. The van der Waals surface area contributed by atoms with Gasteiger partial charge < -0.3 is 18.6 Å². The van der Waals surface area contributed by atoms with E-state index in [0.29, 0.717) is 5.25 Å². The Balaban J connectivity index is 1.04. The number of fused-ring (bicyclic) bond motifs is 13. The maximum atomic E-state index is 6.24. The van der Waals surface area contributed by atoms with E-state index in [1.54, 1.807) is 0 Å². The first-order valence-electron chi connectivity index (χ1n) is 17.6. The lowest BCUT2D eigenvalue weighted by atomic mass is 10.0. The van der Waals surface area contributed by atoms with Crippen molar-refractivity contribution in [3.63, 3.8) is 0 Å². The molecule has 12 rings (SSSR count). The highest BCUT2D eigenvalue weighted by molar-refractivity contribution is 8.00. The predicted octanol–water partition coefficient (Wildman–Crippen LogP) is 14.2. The normalized spacial score (nSPS) is 16.3. The Morgan fingerprint density at radius 1 is 0.500 bits per heavy atom. The average molecular weight is 705 g/mol. The van der Waals surface area contributed by atoms with Gasteiger partial charge in [0.15, 0.2) is 0 Å². The zero-order valence-electron chi connectivity index (χ0n) is 27.7. The van der Waals surface area contributed by atoms with E-state index >= 15 is 0 Å². The molecule has 5 heterocycles. The Hall–Kier alpha value is -5.95. The summed E-state index contributed by atoms with van der Waals surface area (Å²) in [6.07, 6.45) is 0. The van der Waals surface area contributed by atoms with Gasteiger partial charge in [-0.15, -0.1) is 23.1 Å². The summed E-state index contributed by atoms with van der Waals surface area (Å²) in [5, 5.41) is 6.13. The highest BCUT2D eigenvalue weighted by Crippen LogP contribution is 2.67. The van der Waals surface area contributed by atoms with Crippen molar-refractivity contribution in [2.45, 2.75) is 16.2 Å². The second-order valence-electron chi connectivity index (χ2n) is 13.6. The van der Waals surface area contributed by atoms with E-state index in [9.17, 15) is 0 Å². The van der Waals surface area contributed by atoms with E-state index in [1.807, 2.05) is 47.4 Å². The third-order valence-corrected chi connectivity index (χ3v) is 13.5. The van der Waals surface area contributed by atoms with E-state index in [1.165, 1.54) is 36.8 Å². The average Bonchev–Trinajstić information content (AvgIpc) is 4.00. The van der Waals surface area contributed by atoms with Gasteiger partial charge in [0, 0.05) is 64.2 Å². The van der Waals surface area contributed by atoms with E-state index in [4.69, 9.17) is 8.83 Å². The van der Waals surface area contributed by atoms with E-state index in [-0.39, 0.29) is 6.04 Å². The SMILES string of the molecule is c1ccc2c(c1)SC1c3sc4ccccc4c3N(c3ccc(N(c4ccc5oc6ccccc6c5c4)c4ccc5oc6ccccc6c5c4)cc3)C21. The first kappa shape index (κ1) is 28.7. The van der Waals surface area contributed by atoms with Crippen LogP contribution in [-0.2, 0) is 0 Å². The summed E-state index contributed by atoms with van der Waals surface area (Å²) in [5.74, 6) is 0. The quantitative estimate of drug-likeness (QED) is 0.182. The van der Waals surface area contributed by atoms with Gasteiger partial charge in [0.05, 0.1) is 17.0 Å². The second kappa shape index (κ2) is 10.8. The Morgan fingerprint density at radius 2 is 1.06 bits per heavy atom. The Kier molecular flexibility index (Phi) is 5.95. The third-order valence-electron chi connectivity index (χ3n) is 10.8. The van der Waals surface area contributed by atoms with Crippen LogP contribution in [0.3, 0.4) is 0 Å². The molecule has 0 fully saturated rings. The van der Waals surface area contributed by atoms with Gasteiger partial charge in [-0.25, -0.2) is 0 Å². The molecule has 3 aromatic heterocycles. The molecule has 246 valence electrons. The topological polar surface area (TPSA) is 32.8 Å². The monoisotopic (exact) mass is 704 g/mol. The van der Waals surface area contributed by atoms with Crippen LogP contribution in [0.5, 0.6) is 0 Å². The lowest BCUT2D eigenvalue weighted by Crippen LogP contribution is -2.19. The number of rotatable bonds is 4. The number of thiophene rings is 1. The van der Waals surface area contributed by atoms with E-state index in [2.05, 4.69) is 143 Å². The summed E-state index contributed by atoms with van der Waals surface area (Å²) in [4.78, 5) is 7.82. The molecule has 0 saturated carbocycles. The first-order valence-corrected chi connectivity index (χ1v) is 19.3. The highest BCUT2D eigenvalue weighted by atomic mass is 32.2. The van der Waals surface area contributed by atoms with Crippen molar-refractivity contribution in [2.24, 2.45) is 0 Å². The Labute approximate surface area is 307 Å². The summed E-state index contributed by atoms with van der Waals surface area (Å²) >= 11 is 3.97. The molecule has 0 saturated heterocycles. The number of furan rings is 2. The number of anilines is 5. The van der Waals surface area contributed by atoms with E-state index in [0.717, 1.165) is 60.9 Å². The van der Waals surface area contributed by atoms with Crippen molar-refractivity contribution >= 4 is 105 Å². The van der Waals surface area contributed by atoms with Crippen LogP contribution in [0.25, 0.3) is 54.0 Å². The molecule has 0 bridgehead atoms. The lowest BCUT2D eigenvalue weighted by Gasteiger charge is -2.30. The minimum absolute atomic E-state index is 0.252. The number of benzene rings is 7. The number of hydrogen-bond acceptors (Lipinski definition) is 6. The third kappa shape index (κ3) is 4.05. The smallest absolute Gasteiger partial charge is 0.135 e. The van der Waals surface area contributed by atoms with Gasteiger partial charge in [0.1, 0.15) is 22.3 Å². The van der Waals surface area contributed by atoms with Crippen molar-refractivity contribution in [1.82, 2.24) is 0 Å². The van der Waals surface area contributed by atoms with Crippen LogP contribution in [0.2, 0.25) is 0 Å². The molecule has 2 aliphatic rings. The molecule has 0 amide bonds. The fraction of sp³-hybridized carbons (Fsp3) is 0.0435. The summed E-state index contributed by atoms with van der Waals surface area (Å²) in [7, 11) is 0. The summed E-state index contributed by atoms with van der Waals surface area (Å²) in [5.41, 5.74) is 10.7. The fourth-order valence-electron chi connectivity index (χ4n) is 8.50. The second-order valence-corrected chi connectivity index (χ2v) is 15.9. The zero-order chi connectivity index (χ0) is 33.9. The summed E-state index contributed by atoms with van der Waals surface area (Å²) in [6.45, 7) is 0. The standard InChI is InChI=1S/C46H28N2O2S2/c1-5-13-37-31(9-1)35-25-29(21-23-39(35)49-37)47(30-22-24-40-36(26-30)32-10-2-6-14-38(32)50-40)27-17-19-28(20-18-27)48-43-33-11-3-7-15-41(33)51-45(43)46-44(48)34-12-4-8-16-42(34)52-46/h1-26,43,45H. The highest BCUT2D eigenvalue weighted by Gasteiger charge is 2.48. The van der Waals surface area contributed by atoms with Gasteiger partial charge in [0.2, 0.25) is 0 Å². The molecule has 0 radical (unpaired) electrons. The Morgan fingerprint density at radius 3 is 1.75 bits per heavy atom. The van der Waals surface area contributed by atoms with Crippen LogP contribution in [-0.4, -0.2) is 0 Å². The molecule has 0 aliphatic carbocycles. The number of para-hydroxylation sites is 2. The molecule has 52 heavy (non-hydrogen) atoms. The number of hydrogen-bond donors (Lipinski definition) is 0. The maximum absolute atomic E-state index is 6.24. The minimum Gasteiger partial charge on any atom is -0.456 e. The minimum atomic E-state index is 0.252. The molecule has 10 aromatic rings. The molecule has 0 spiro atoms. The molecule has 2 atom stereocenters. The molecule has 0 N–H and O–H groups in total. The van der Waals surface area contributed by atoms with Crippen molar-refractivity contribution < 1.29 is 8.83 Å². The van der Waals surface area contributed by atoms with Crippen molar-refractivity contribution in [1.29, 1.82) is 0 Å². The van der Waals surface area contributed by atoms with Gasteiger partial charge >= 0.3 is 0 Å². The fourth-order valence-corrected chi connectivity index (χ4v) is 11.4. The van der Waals surface area contributed by atoms with Crippen molar-refractivity contribution in [3.05, 3.63) is 168 Å². The number of nitrogens with zero attached hydrogens (tertiary/aromatic N) is 2. The molecular weight excluding hydrogens is 677 g/mol. The zero-order valence-corrected chi connectivity index (χ0v) is 29.3.